The third-order valence-electron chi connectivity index (χ3n) is 0.795. The van der Waals surface area contributed by atoms with Gasteiger partial charge in [-0.2, -0.15) is 18.7 Å². The molecule has 1 radical (unpaired) electrons. The molecule has 0 bridgehead atoms. The second-order valence-corrected chi connectivity index (χ2v) is 1.49. The van der Waals surface area contributed by atoms with Gasteiger partial charge in [-0.1, -0.05) is 6.92 Å². The smallest absolute Gasteiger partial charge is 0.0677 e. The molecular weight excluding hydrogens is 171 g/mol. The first kappa shape index (κ1) is 13.2. The zero-order valence-corrected chi connectivity index (χ0v) is 8.23. The topological polar surface area (TPSA) is 29.1 Å². The SMILES string of the molecule is C=CC(=[C-]/C=C\C)N[C-]=O.[Sc]. The van der Waals surface area contributed by atoms with E-state index >= 15 is 0 Å². The van der Waals surface area contributed by atoms with Gasteiger partial charge in [-0.05, 0) is 0 Å². The van der Waals surface area contributed by atoms with E-state index in [2.05, 4.69) is 18.0 Å². The van der Waals surface area contributed by atoms with Crippen molar-refractivity contribution in [3.63, 3.8) is 0 Å². The molecule has 11 heavy (non-hydrogen) atoms. The Labute approximate surface area is 85.8 Å². The fourth-order valence-corrected chi connectivity index (χ4v) is 0.374. The molecule has 0 saturated heterocycles. The van der Waals surface area contributed by atoms with E-state index in [0.717, 1.165) is 0 Å². The number of amides is 1. The Kier molecular flexibility index (Phi) is 11.4. The Bertz CT molecular complexity index is 173. The summed E-state index contributed by atoms with van der Waals surface area (Å²) < 4.78 is 0. The van der Waals surface area contributed by atoms with Gasteiger partial charge in [0.15, 0.2) is 0 Å². The average Bonchev–Trinajstić information content (AvgIpc) is 1.98. The van der Waals surface area contributed by atoms with Crippen LogP contribution < -0.4 is 5.32 Å². The second kappa shape index (κ2) is 9.56. The maximum Gasteiger partial charge on any atom is 0.0677 e. The summed E-state index contributed by atoms with van der Waals surface area (Å²) in [6.45, 7) is 5.32. The summed E-state index contributed by atoms with van der Waals surface area (Å²) in [7, 11) is 0. The molecule has 0 aliphatic carbocycles. The van der Waals surface area contributed by atoms with E-state index in [0.29, 0.717) is 5.70 Å². The average molecular weight is 180 g/mol. The van der Waals surface area contributed by atoms with Crippen LogP contribution in [-0.2, 0) is 30.6 Å². The molecule has 57 valence electrons. The Morgan fingerprint density at radius 2 is 2.27 bits per heavy atom. The van der Waals surface area contributed by atoms with Gasteiger partial charge in [0.25, 0.3) is 0 Å². The Morgan fingerprint density at radius 1 is 1.64 bits per heavy atom. The molecule has 0 aromatic heterocycles. The maximum atomic E-state index is 9.77. The van der Waals surface area contributed by atoms with Gasteiger partial charge in [0.05, 0.1) is 6.41 Å². The van der Waals surface area contributed by atoms with E-state index < -0.39 is 0 Å². The van der Waals surface area contributed by atoms with E-state index in [1.54, 1.807) is 12.2 Å². The van der Waals surface area contributed by atoms with Crippen LogP contribution in [0.3, 0.4) is 0 Å². The summed E-state index contributed by atoms with van der Waals surface area (Å²) in [4.78, 5) is 9.77. The Morgan fingerprint density at radius 3 is 2.64 bits per heavy atom. The number of rotatable bonds is 4. The zero-order chi connectivity index (χ0) is 7.82. The standard InChI is InChI=1S/C8H9NO.Sc/c1-3-5-6-8(4-2)9-7-10;/h3-5H,2H2,1H3,(H,9,10);/q-2;/b5-3-;. The van der Waals surface area contributed by atoms with Gasteiger partial charge in [0.1, 0.15) is 0 Å². The molecule has 1 N–H and O–H groups in total. The quantitative estimate of drug-likeness (QED) is 0.391. The summed E-state index contributed by atoms with van der Waals surface area (Å²) >= 11 is 0. The van der Waals surface area contributed by atoms with Crippen molar-refractivity contribution in [2.24, 2.45) is 0 Å². The molecule has 0 aliphatic heterocycles. The third-order valence-corrected chi connectivity index (χ3v) is 0.795. The van der Waals surface area contributed by atoms with Crippen molar-refractivity contribution in [1.82, 2.24) is 5.32 Å². The van der Waals surface area contributed by atoms with Gasteiger partial charge in [-0.3, -0.25) is 6.08 Å². The van der Waals surface area contributed by atoms with E-state index in [-0.39, 0.29) is 25.8 Å². The number of hydrogen-bond acceptors (Lipinski definition) is 1. The second-order valence-electron chi connectivity index (χ2n) is 1.49. The van der Waals surface area contributed by atoms with Crippen LogP contribution in [-0.4, -0.2) is 6.41 Å². The molecule has 0 aromatic carbocycles. The van der Waals surface area contributed by atoms with Crippen molar-refractivity contribution < 1.29 is 30.6 Å². The van der Waals surface area contributed by atoms with Crippen molar-refractivity contribution in [2.45, 2.75) is 6.92 Å². The molecule has 0 saturated carbocycles. The number of allylic oxidation sites excluding steroid dienone is 4. The van der Waals surface area contributed by atoms with Gasteiger partial charge in [0.2, 0.25) is 0 Å². The zero-order valence-electron chi connectivity index (χ0n) is 6.42. The minimum absolute atomic E-state index is 0. The molecule has 0 spiro atoms. The number of hydrogen-bond donors (Lipinski definition) is 1. The first-order valence-corrected chi connectivity index (χ1v) is 2.85. The first-order chi connectivity index (χ1) is 4.85. The molecule has 0 atom stereocenters. The summed E-state index contributed by atoms with van der Waals surface area (Å²) in [6.07, 6.45) is 9.26. The molecule has 0 aromatic rings. The van der Waals surface area contributed by atoms with Crippen molar-refractivity contribution in [1.29, 1.82) is 0 Å². The Balaban J connectivity index is 0. The maximum absolute atomic E-state index is 9.77. The monoisotopic (exact) mass is 180 g/mol. The molecule has 0 heterocycles. The van der Waals surface area contributed by atoms with Crippen LogP contribution in [0.4, 0.5) is 0 Å². The van der Waals surface area contributed by atoms with Crippen LogP contribution >= 0.6 is 0 Å². The van der Waals surface area contributed by atoms with Crippen LogP contribution in [0.2, 0.25) is 0 Å². The van der Waals surface area contributed by atoms with Crippen LogP contribution in [0.5, 0.6) is 0 Å². The van der Waals surface area contributed by atoms with Gasteiger partial charge < -0.3 is 10.1 Å². The van der Waals surface area contributed by atoms with E-state index in [1.165, 1.54) is 12.5 Å². The molecule has 0 unspecified atom stereocenters. The molecular formula is C8H9NOSc-2. The van der Waals surface area contributed by atoms with Crippen LogP contribution in [0.1, 0.15) is 6.92 Å². The van der Waals surface area contributed by atoms with E-state index in [4.69, 9.17) is 0 Å². The summed E-state index contributed by atoms with van der Waals surface area (Å²) in [5.41, 5.74) is 0.521. The fraction of sp³-hybridized carbons (Fsp3) is 0.125. The molecule has 0 fully saturated rings. The van der Waals surface area contributed by atoms with Gasteiger partial charge in [-0.25, -0.2) is 11.8 Å². The van der Waals surface area contributed by atoms with Crippen molar-refractivity contribution in [3.8, 4) is 0 Å². The molecule has 3 heteroatoms. The largest absolute Gasteiger partial charge is 0.511 e. The van der Waals surface area contributed by atoms with Gasteiger partial charge >= 0.3 is 0 Å². The molecule has 2 nitrogen and oxygen atoms in total. The number of nitrogens with one attached hydrogen (secondary N) is 1. The number of carbonyl (C=O) groups excluding carboxylic acids is 1. The van der Waals surface area contributed by atoms with Crippen LogP contribution in [0.15, 0.2) is 30.5 Å². The normalized spacial score (nSPS) is 10.5. The van der Waals surface area contributed by atoms with E-state index in [9.17, 15) is 4.79 Å². The minimum atomic E-state index is 0. The minimum Gasteiger partial charge on any atom is -0.511 e. The van der Waals surface area contributed by atoms with E-state index in [1.807, 2.05) is 6.92 Å². The van der Waals surface area contributed by atoms with Crippen LogP contribution in [0.25, 0.3) is 0 Å². The third kappa shape index (κ3) is 7.46. The Hall–Kier alpha value is -0.440. The summed E-state index contributed by atoms with van der Waals surface area (Å²) in [5.74, 6) is 0. The molecule has 0 rings (SSSR count). The van der Waals surface area contributed by atoms with Gasteiger partial charge in [-0.15, -0.1) is 0 Å². The predicted molar refractivity (Wildman–Crippen MR) is 40.6 cm³/mol. The first-order valence-electron chi connectivity index (χ1n) is 2.85. The van der Waals surface area contributed by atoms with Crippen molar-refractivity contribution >= 4 is 6.41 Å². The van der Waals surface area contributed by atoms with Crippen LogP contribution in [0, 0.1) is 6.08 Å². The van der Waals surface area contributed by atoms with Crippen molar-refractivity contribution in [2.75, 3.05) is 0 Å². The molecule has 1 amide bonds. The van der Waals surface area contributed by atoms with Crippen molar-refractivity contribution in [3.05, 3.63) is 36.6 Å². The fourth-order valence-electron chi connectivity index (χ4n) is 0.374. The molecule has 0 aliphatic rings. The summed E-state index contributed by atoms with van der Waals surface area (Å²) in [5, 5.41) is 2.30. The summed E-state index contributed by atoms with van der Waals surface area (Å²) in [6, 6.07) is 0. The predicted octanol–water partition coefficient (Wildman–Crippen LogP) is 1.09. The van der Waals surface area contributed by atoms with Gasteiger partial charge in [0, 0.05) is 25.8 Å².